The standard InChI is InChI=1S/C27H43F2N5O7/c1-7-9-16(10-8-2)22(35)32-18-11-12-34(26(38)33-18)25-27(28,29)21(41-24(37)20(31)15(5)6)17(40-25)13-39-23(36)19(30)14(3)4/h11-12,14-17,19-21,25H,7-10,13,30-31H2,1-6H3,(H,32,33,35,38)/t17-,19+,20+,21-,25-/m1/s1. The molecule has 0 aliphatic carbocycles. The van der Waals surface area contributed by atoms with Gasteiger partial charge in [0.15, 0.2) is 6.10 Å². The van der Waals surface area contributed by atoms with Crippen LogP contribution in [0.3, 0.4) is 0 Å². The highest BCUT2D eigenvalue weighted by Crippen LogP contribution is 2.44. The van der Waals surface area contributed by atoms with Gasteiger partial charge in [-0.2, -0.15) is 13.8 Å². The van der Waals surface area contributed by atoms with Crippen molar-refractivity contribution in [3.8, 4) is 0 Å². The molecule has 2 rings (SSSR count). The minimum absolute atomic E-state index is 0.103. The van der Waals surface area contributed by atoms with Gasteiger partial charge in [-0.3, -0.25) is 19.0 Å². The fraction of sp³-hybridized carbons (Fsp3) is 0.741. The predicted octanol–water partition coefficient (Wildman–Crippen LogP) is 2.35. The Morgan fingerprint density at radius 3 is 2.15 bits per heavy atom. The normalized spacial score (nSPS) is 21.6. The van der Waals surface area contributed by atoms with Crippen molar-refractivity contribution in [3.05, 3.63) is 22.7 Å². The van der Waals surface area contributed by atoms with Crippen LogP contribution >= 0.6 is 0 Å². The van der Waals surface area contributed by atoms with Crippen molar-refractivity contribution in [2.45, 2.75) is 104 Å². The van der Waals surface area contributed by atoms with Gasteiger partial charge in [0, 0.05) is 12.1 Å². The third-order valence-electron chi connectivity index (χ3n) is 6.94. The van der Waals surface area contributed by atoms with Gasteiger partial charge in [-0.1, -0.05) is 54.4 Å². The summed E-state index contributed by atoms with van der Waals surface area (Å²) in [6.07, 6.45) is -2.31. The number of rotatable bonds is 14. The zero-order valence-electron chi connectivity index (χ0n) is 24.5. The first-order chi connectivity index (χ1) is 19.1. The maximum Gasteiger partial charge on any atom is 0.351 e. The maximum atomic E-state index is 15.7. The first-order valence-corrected chi connectivity index (χ1v) is 14.0. The molecule has 1 aromatic rings. The molecule has 41 heavy (non-hydrogen) atoms. The SMILES string of the molecule is CCCC(CCC)C(=O)Nc1ccn([C@@H]2O[C@H](COC(=O)[C@@H](N)C(C)C)[C@@H](OC(=O)[C@@H](N)C(C)C)C2(F)F)c(=O)n1. The highest BCUT2D eigenvalue weighted by atomic mass is 19.3. The average molecular weight is 588 g/mol. The molecule has 12 nitrogen and oxygen atoms in total. The van der Waals surface area contributed by atoms with Crippen molar-refractivity contribution in [1.29, 1.82) is 0 Å². The van der Waals surface area contributed by atoms with Crippen LogP contribution in [0.25, 0.3) is 0 Å². The zero-order chi connectivity index (χ0) is 31.1. The first kappa shape index (κ1) is 34.2. The number of halogens is 2. The lowest BCUT2D eigenvalue weighted by Gasteiger charge is -2.26. The molecule has 1 saturated heterocycles. The van der Waals surface area contributed by atoms with Crippen LogP contribution in [0.15, 0.2) is 17.1 Å². The lowest BCUT2D eigenvalue weighted by molar-refractivity contribution is -0.179. The number of nitrogens with zero attached hydrogens (tertiary/aromatic N) is 2. The second-order valence-electron chi connectivity index (χ2n) is 11.0. The van der Waals surface area contributed by atoms with Gasteiger partial charge in [0.05, 0.1) is 0 Å². The number of hydrogen-bond acceptors (Lipinski definition) is 10. The molecule has 1 amide bonds. The number of alkyl halides is 2. The molecule has 0 radical (unpaired) electrons. The lowest BCUT2D eigenvalue weighted by atomic mass is 9.97. The number of esters is 2. The van der Waals surface area contributed by atoms with Crippen molar-refractivity contribution in [3.63, 3.8) is 0 Å². The van der Waals surface area contributed by atoms with E-state index in [2.05, 4.69) is 10.3 Å². The van der Waals surface area contributed by atoms with Crippen LogP contribution in [-0.4, -0.2) is 64.2 Å². The second kappa shape index (κ2) is 14.8. The summed E-state index contributed by atoms with van der Waals surface area (Å²) in [7, 11) is 0. The molecule has 0 saturated carbocycles. The summed E-state index contributed by atoms with van der Waals surface area (Å²) in [5.41, 5.74) is 10.4. The van der Waals surface area contributed by atoms with Crippen LogP contribution in [-0.2, 0) is 28.6 Å². The van der Waals surface area contributed by atoms with Gasteiger partial charge in [-0.15, -0.1) is 0 Å². The smallest absolute Gasteiger partial charge is 0.351 e. The van der Waals surface area contributed by atoms with E-state index in [9.17, 15) is 19.2 Å². The third kappa shape index (κ3) is 8.52. The predicted molar refractivity (Wildman–Crippen MR) is 146 cm³/mol. The number of carbonyl (C=O) groups excluding carboxylic acids is 3. The van der Waals surface area contributed by atoms with E-state index in [1.54, 1.807) is 27.7 Å². The molecule has 1 aromatic heterocycles. The van der Waals surface area contributed by atoms with E-state index < -0.39 is 66.6 Å². The first-order valence-electron chi connectivity index (χ1n) is 14.0. The Morgan fingerprint density at radius 2 is 1.63 bits per heavy atom. The Hall–Kier alpha value is -2.97. The number of nitrogens with one attached hydrogen (secondary N) is 1. The van der Waals surface area contributed by atoms with E-state index >= 15 is 8.78 Å². The van der Waals surface area contributed by atoms with E-state index in [0.717, 1.165) is 19.0 Å². The van der Waals surface area contributed by atoms with Gasteiger partial charge in [0.2, 0.25) is 12.1 Å². The second-order valence-corrected chi connectivity index (χ2v) is 11.0. The maximum absolute atomic E-state index is 15.7. The van der Waals surface area contributed by atoms with Crippen molar-refractivity contribution < 1.29 is 37.4 Å². The molecule has 0 aromatic carbocycles. The average Bonchev–Trinajstić information content (AvgIpc) is 3.14. The van der Waals surface area contributed by atoms with Crippen LogP contribution in [0.1, 0.15) is 73.5 Å². The molecule has 5 atom stereocenters. The Bertz CT molecular complexity index is 1110. The minimum Gasteiger partial charge on any atom is -0.462 e. The van der Waals surface area contributed by atoms with Crippen LogP contribution in [0.5, 0.6) is 0 Å². The summed E-state index contributed by atoms with van der Waals surface area (Å²) >= 11 is 0. The minimum atomic E-state index is -3.97. The highest BCUT2D eigenvalue weighted by molar-refractivity contribution is 5.91. The third-order valence-corrected chi connectivity index (χ3v) is 6.94. The fourth-order valence-electron chi connectivity index (χ4n) is 4.25. The van der Waals surface area contributed by atoms with Crippen molar-refractivity contribution in [1.82, 2.24) is 9.55 Å². The summed E-state index contributed by atoms with van der Waals surface area (Å²) in [6, 6.07) is -1.04. The fourth-order valence-corrected chi connectivity index (χ4v) is 4.25. The monoisotopic (exact) mass is 587 g/mol. The molecular formula is C27H43F2N5O7. The van der Waals surface area contributed by atoms with Crippen molar-refractivity contribution >= 4 is 23.7 Å². The number of ether oxygens (including phenoxy) is 3. The molecule has 14 heteroatoms. The molecule has 1 aliphatic rings. The molecule has 0 bridgehead atoms. The molecule has 1 fully saturated rings. The van der Waals surface area contributed by atoms with Gasteiger partial charge in [-0.05, 0) is 30.7 Å². The number of hydrogen-bond donors (Lipinski definition) is 3. The molecule has 0 unspecified atom stereocenters. The van der Waals surface area contributed by atoms with Gasteiger partial charge in [0.25, 0.3) is 0 Å². The Balaban J connectivity index is 2.34. The van der Waals surface area contributed by atoms with Crippen LogP contribution in [0.4, 0.5) is 14.6 Å². The Morgan fingerprint density at radius 1 is 1.07 bits per heavy atom. The van der Waals surface area contributed by atoms with Crippen molar-refractivity contribution in [2.75, 3.05) is 11.9 Å². The number of amides is 1. The molecule has 5 N–H and O–H groups in total. The summed E-state index contributed by atoms with van der Waals surface area (Å²) in [4.78, 5) is 54.0. The number of carbonyl (C=O) groups is 3. The van der Waals surface area contributed by atoms with Gasteiger partial charge in [-0.25, -0.2) is 4.79 Å². The quantitative estimate of drug-likeness (QED) is 0.274. The highest BCUT2D eigenvalue weighted by Gasteiger charge is 2.63. The molecular weight excluding hydrogens is 544 g/mol. The number of anilines is 1. The summed E-state index contributed by atoms with van der Waals surface area (Å²) < 4.78 is 47.7. The van der Waals surface area contributed by atoms with E-state index in [0.29, 0.717) is 17.4 Å². The largest absolute Gasteiger partial charge is 0.462 e. The van der Waals surface area contributed by atoms with Crippen LogP contribution < -0.4 is 22.5 Å². The van der Waals surface area contributed by atoms with Gasteiger partial charge >= 0.3 is 23.6 Å². The summed E-state index contributed by atoms with van der Waals surface area (Å²) in [5.74, 6) is -7.35. The zero-order valence-corrected chi connectivity index (χ0v) is 24.5. The summed E-state index contributed by atoms with van der Waals surface area (Å²) in [5, 5.41) is 2.57. The van der Waals surface area contributed by atoms with Gasteiger partial charge in [0.1, 0.15) is 30.6 Å². The number of nitrogens with two attached hydrogens (primary N) is 2. The molecule has 0 spiro atoms. The van der Waals surface area contributed by atoms with Gasteiger partial charge < -0.3 is 31.0 Å². The van der Waals surface area contributed by atoms with E-state index in [1.807, 2.05) is 13.8 Å². The Kier molecular flexibility index (Phi) is 12.3. The van der Waals surface area contributed by atoms with Crippen LogP contribution in [0, 0.1) is 17.8 Å². The van der Waals surface area contributed by atoms with E-state index in [1.165, 1.54) is 6.07 Å². The van der Waals surface area contributed by atoms with E-state index in [4.69, 9.17) is 25.7 Å². The molecule has 1 aliphatic heterocycles. The van der Waals surface area contributed by atoms with Crippen LogP contribution in [0.2, 0.25) is 0 Å². The lowest BCUT2D eigenvalue weighted by Crippen LogP contribution is -2.48. The Labute approximate surface area is 238 Å². The summed E-state index contributed by atoms with van der Waals surface area (Å²) in [6.45, 7) is 9.76. The number of aromatic nitrogens is 2. The van der Waals surface area contributed by atoms with Crippen molar-refractivity contribution in [2.24, 2.45) is 29.2 Å². The van der Waals surface area contributed by atoms with E-state index in [-0.39, 0.29) is 23.6 Å². The topological polar surface area (TPSA) is 178 Å². The molecule has 232 valence electrons. The molecule has 2 heterocycles.